The molecule has 3 N–H and O–H groups in total. The Bertz CT molecular complexity index is 1170. The molecule has 1 aliphatic carbocycles. The van der Waals surface area contributed by atoms with E-state index in [0.29, 0.717) is 12.2 Å². The number of allylic oxidation sites excluding steroid dienone is 4. The van der Waals surface area contributed by atoms with Gasteiger partial charge in [-0.3, -0.25) is 0 Å². The Hall–Kier alpha value is -3.30. The fourth-order valence-corrected chi connectivity index (χ4v) is 5.13. The number of sulfonamides is 1. The van der Waals surface area contributed by atoms with Crippen LogP contribution in [0.25, 0.3) is 0 Å². The molecule has 4 rings (SSSR count). The van der Waals surface area contributed by atoms with Crippen molar-refractivity contribution in [1.82, 2.24) is 20.6 Å². The van der Waals surface area contributed by atoms with Crippen molar-refractivity contribution in [3.8, 4) is 5.75 Å². The van der Waals surface area contributed by atoms with E-state index in [2.05, 4.69) is 20.6 Å². The standard InChI is InChI=1S/C21H21N5O3S/c1-29-17-12-10-15(11-13-17)14-21(20-23-25-26-24-20)18(16-6-3-2-4-7-16)8-5-9-19(21)30(22,27)28/h2-13,18H,14H2,1H3,(H2,22,27,28)(H,23,24,25,26). The molecule has 1 heterocycles. The topological polar surface area (TPSA) is 124 Å². The molecule has 0 amide bonds. The number of hydrogen-bond donors (Lipinski definition) is 2. The largest absolute Gasteiger partial charge is 0.497 e. The Balaban J connectivity index is 1.96. The third kappa shape index (κ3) is 3.53. The number of tetrazole rings is 1. The lowest BCUT2D eigenvalue weighted by atomic mass is 9.65. The van der Waals surface area contributed by atoms with E-state index in [9.17, 15) is 8.42 Å². The van der Waals surface area contributed by atoms with Gasteiger partial charge in [0, 0.05) is 5.92 Å². The smallest absolute Gasteiger partial charge is 0.235 e. The summed E-state index contributed by atoms with van der Waals surface area (Å²) in [4.78, 5) is 0.0450. The fourth-order valence-electron chi connectivity index (χ4n) is 4.07. The van der Waals surface area contributed by atoms with Gasteiger partial charge in [0.25, 0.3) is 0 Å². The van der Waals surface area contributed by atoms with Crippen molar-refractivity contribution in [3.05, 3.63) is 94.7 Å². The Labute approximate surface area is 174 Å². The predicted molar refractivity (Wildman–Crippen MR) is 112 cm³/mol. The zero-order chi connectivity index (χ0) is 21.2. The zero-order valence-electron chi connectivity index (χ0n) is 16.3. The second-order valence-electron chi connectivity index (χ2n) is 7.08. The maximum absolute atomic E-state index is 12.7. The van der Waals surface area contributed by atoms with Gasteiger partial charge in [-0.2, -0.15) is 5.21 Å². The third-order valence-electron chi connectivity index (χ3n) is 5.37. The number of nitrogens with two attached hydrogens (primary N) is 1. The van der Waals surface area contributed by atoms with Crippen molar-refractivity contribution in [1.29, 1.82) is 0 Å². The molecular formula is C21H21N5O3S. The highest BCUT2D eigenvalue weighted by atomic mass is 32.2. The molecule has 0 aliphatic heterocycles. The average molecular weight is 423 g/mol. The summed E-state index contributed by atoms with van der Waals surface area (Å²) in [5.74, 6) is 0.589. The molecule has 0 fully saturated rings. The summed E-state index contributed by atoms with van der Waals surface area (Å²) in [5, 5.41) is 20.3. The van der Waals surface area contributed by atoms with Gasteiger partial charge in [0.2, 0.25) is 10.0 Å². The molecule has 1 aromatic heterocycles. The highest BCUT2D eigenvalue weighted by Crippen LogP contribution is 2.49. The quantitative estimate of drug-likeness (QED) is 0.626. The van der Waals surface area contributed by atoms with Crippen LogP contribution in [0, 0.1) is 0 Å². The summed E-state index contributed by atoms with van der Waals surface area (Å²) in [6, 6.07) is 17.1. The lowest BCUT2D eigenvalue weighted by Crippen LogP contribution is -2.44. The number of ether oxygens (including phenoxy) is 1. The molecule has 0 spiro atoms. The first-order valence-corrected chi connectivity index (χ1v) is 10.8. The second-order valence-corrected chi connectivity index (χ2v) is 8.61. The van der Waals surface area contributed by atoms with E-state index in [-0.39, 0.29) is 16.6 Å². The summed E-state index contributed by atoms with van der Waals surface area (Å²) in [7, 11) is -2.48. The molecule has 154 valence electrons. The van der Waals surface area contributed by atoms with Gasteiger partial charge < -0.3 is 4.74 Å². The number of primary sulfonamides is 1. The number of nitrogens with zero attached hydrogens (tertiary/aromatic N) is 3. The normalized spacial score (nSPS) is 21.3. The van der Waals surface area contributed by atoms with Crippen LogP contribution in [0.1, 0.15) is 22.9 Å². The fraction of sp³-hybridized carbons (Fsp3) is 0.190. The summed E-state index contributed by atoms with van der Waals surface area (Å²) < 4.78 is 30.7. The van der Waals surface area contributed by atoms with Crippen molar-refractivity contribution in [2.45, 2.75) is 17.8 Å². The zero-order valence-corrected chi connectivity index (χ0v) is 17.1. The number of hydrogen-bond acceptors (Lipinski definition) is 6. The monoisotopic (exact) mass is 423 g/mol. The van der Waals surface area contributed by atoms with Crippen LogP contribution in [0.3, 0.4) is 0 Å². The van der Waals surface area contributed by atoms with Crippen LogP contribution in [0.4, 0.5) is 0 Å². The molecule has 0 radical (unpaired) electrons. The van der Waals surface area contributed by atoms with E-state index in [1.54, 1.807) is 13.2 Å². The molecule has 2 aromatic carbocycles. The molecular weight excluding hydrogens is 402 g/mol. The predicted octanol–water partition coefficient (Wildman–Crippen LogP) is 2.21. The molecule has 8 nitrogen and oxygen atoms in total. The number of rotatable bonds is 6. The van der Waals surface area contributed by atoms with Crippen LogP contribution < -0.4 is 9.88 Å². The van der Waals surface area contributed by atoms with E-state index >= 15 is 0 Å². The van der Waals surface area contributed by atoms with Crippen LogP contribution in [0.15, 0.2) is 77.7 Å². The third-order valence-corrected chi connectivity index (χ3v) is 6.49. The maximum atomic E-state index is 12.7. The number of nitrogens with one attached hydrogen (secondary N) is 1. The van der Waals surface area contributed by atoms with E-state index in [1.807, 2.05) is 60.7 Å². The Morgan fingerprint density at radius 1 is 1.13 bits per heavy atom. The number of aromatic amines is 1. The Morgan fingerprint density at radius 3 is 2.47 bits per heavy atom. The van der Waals surface area contributed by atoms with Gasteiger partial charge in [0.1, 0.15) is 5.75 Å². The minimum Gasteiger partial charge on any atom is -0.497 e. The lowest BCUT2D eigenvalue weighted by Gasteiger charge is -2.40. The molecule has 0 saturated carbocycles. The number of methoxy groups -OCH3 is 1. The van der Waals surface area contributed by atoms with Crippen molar-refractivity contribution >= 4 is 10.0 Å². The Kier molecular flexibility index (Phi) is 5.23. The van der Waals surface area contributed by atoms with Crippen LogP contribution in [-0.2, 0) is 21.9 Å². The molecule has 3 aromatic rings. The molecule has 1 aliphatic rings. The van der Waals surface area contributed by atoms with Gasteiger partial charge in [0.15, 0.2) is 5.82 Å². The van der Waals surface area contributed by atoms with Crippen molar-refractivity contribution in [2.75, 3.05) is 7.11 Å². The molecule has 2 unspecified atom stereocenters. The molecule has 9 heteroatoms. The van der Waals surface area contributed by atoms with Crippen molar-refractivity contribution < 1.29 is 13.2 Å². The minimum atomic E-state index is -4.07. The lowest BCUT2D eigenvalue weighted by molar-refractivity contribution is 0.413. The van der Waals surface area contributed by atoms with Crippen LogP contribution in [0.2, 0.25) is 0 Å². The van der Waals surface area contributed by atoms with Crippen LogP contribution in [-0.4, -0.2) is 36.2 Å². The van der Waals surface area contributed by atoms with E-state index in [0.717, 1.165) is 11.1 Å². The first-order valence-electron chi connectivity index (χ1n) is 9.29. The summed E-state index contributed by atoms with van der Waals surface area (Å²) >= 11 is 0. The molecule has 0 bridgehead atoms. The van der Waals surface area contributed by atoms with Crippen molar-refractivity contribution in [3.63, 3.8) is 0 Å². The SMILES string of the molecule is COc1ccc(CC2(c3nn[nH]n3)C(S(N)(=O)=O)=CC=CC2c2ccccc2)cc1. The van der Waals surface area contributed by atoms with E-state index < -0.39 is 15.4 Å². The first-order chi connectivity index (χ1) is 14.4. The molecule has 0 saturated heterocycles. The average Bonchev–Trinajstić information content (AvgIpc) is 3.30. The minimum absolute atomic E-state index is 0.0450. The van der Waals surface area contributed by atoms with E-state index in [4.69, 9.17) is 9.88 Å². The molecule has 2 atom stereocenters. The second kappa shape index (κ2) is 7.85. The van der Waals surface area contributed by atoms with Gasteiger partial charge >= 0.3 is 0 Å². The highest BCUT2D eigenvalue weighted by molar-refractivity contribution is 7.93. The van der Waals surface area contributed by atoms with Gasteiger partial charge in [0.05, 0.1) is 17.4 Å². The highest BCUT2D eigenvalue weighted by Gasteiger charge is 2.51. The van der Waals surface area contributed by atoms with Gasteiger partial charge in [-0.25, -0.2) is 13.6 Å². The number of H-pyrrole nitrogens is 1. The van der Waals surface area contributed by atoms with Crippen LogP contribution >= 0.6 is 0 Å². The van der Waals surface area contributed by atoms with Gasteiger partial charge in [-0.15, -0.1) is 10.2 Å². The van der Waals surface area contributed by atoms with E-state index in [1.165, 1.54) is 6.08 Å². The summed E-state index contributed by atoms with van der Waals surface area (Å²) in [6.45, 7) is 0. The van der Waals surface area contributed by atoms with Gasteiger partial charge in [-0.1, -0.05) is 59.8 Å². The maximum Gasteiger partial charge on any atom is 0.235 e. The van der Waals surface area contributed by atoms with Gasteiger partial charge in [-0.05, 0) is 35.8 Å². The Morgan fingerprint density at radius 2 is 1.87 bits per heavy atom. The van der Waals surface area contributed by atoms with Crippen LogP contribution in [0.5, 0.6) is 5.75 Å². The summed E-state index contributed by atoms with van der Waals surface area (Å²) in [5.41, 5.74) is 0.623. The number of aromatic nitrogens is 4. The molecule has 30 heavy (non-hydrogen) atoms. The number of benzene rings is 2. The first kappa shape index (κ1) is 20.0. The summed E-state index contributed by atoms with van der Waals surface area (Å²) in [6.07, 6.45) is 5.48. The van der Waals surface area contributed by atoms with Crippen molar-refractivity contribution in [2.24, 2.45) is 5.14 Å².